The van der Waals surface area contributed by atoms with Gasteiger partial charge in [-0.3, -0.25) is 19.4 Å². The Morgan fingerprint density at radius 1 is 1.41 bits per heavy atom. The van der Waals surface area contributed by atoms with E-state index in [2.05, 4.69) is 15.1 Å². The molecule has 0 unspecified atom stereocenters. The molecule has 3 heterocycles. The van der Waals surface area contributed by atoms with Crippen LogP contribution in [0, 0.1) is 6.92 Å². The van der Waals surface area contributed by atoms with E-state index in [4.69, 9.17) is 0 Å². The van der Waals surface area contributed by atoms with Gasteiger partial charge in [-0.2, -0.15) is 5.10 Å². The summed E-state index contributed by atoms with van der Waals surface area (Å²) >= 11 is 0. The molecule has 6 heteroatoms. The van der Waals surface area contributed by atoms with Gasteiger partial charge in [-0.15, -0.1) is 0 Å². The molecule has 0 aromatic carbocycles. The standard InChI is InChI=1S/C16H21N5O/c1-13-11-17-12-14(19-13)15-5-2-10-21(15)16(22)6-3-8-20-9-4-7-18-20/h4,7,9,11-12,15H,2-3,5-6,8,10H2,1H3/t15-/m1/s1. The molecule has 0 spiro atoms. The lowest BCUT2D eigenvalue weighted by Gasteiger charge is -2.24. The maximum Gasteiger partial charge on any atom is 0.223 e. The largest absolute Gasteiger partial charge is 0.334 e. The van der Waals surface area contributed by atoms with Crippen molar-refractivity contribution in [3.8, 4) is 0 Å². The van der Waals surface area contributed by atoms with Crippen molar-refractivity contribution in [3.63, 3.8) is 0 Å². The van der Waals surface area contributed by atoms with Crippen molar-refractivity contribution < 1.29 is 4.79 Å². The van der Waals surface area contributed by atoms with E-state index in [9.17, 15) is 4.79 Å². The Morgan fingerprint density at radius 3 is 3.09 bits per heavy atom. The smallest absolute Gasteiger partial charge is 0.223 e. The van der Waals surface area contributed by atoms with Crippen LogP contribution < -0.4 is 0 Å². The minimum atomic E-state index is 0.0876. The van der Waals surface area contributed by atoms with Gasteiger partial charge in [-0.25, -0.2) is 0 Å². The second kappa shape index (κ2) is 6.68. The van der Waals surface area contributed by atoms with Gasteiger partial charge >= 0.3 is 0 Å². The van der Waals surface area contributed by atoms with Gasteiger partial charge in [-0.05, 0) is 32.3 Å². The van der Waals surface area contributed by atoms with E-state index in [1.54, 1.807) is 18.6 Å². The Morgan fingerprint density at radius 2 is 2.32 bits per heavy atom. The van der Waals surface area contributed by atoms with Crippen molar-refractivity contribution in [2.45, 2.75) is 45.2 Å². The monoisotopic (exact) mass is 299 g/mol. The summed E-state index contributed by atoms with van der Waals surface area (Å²) in [5, 5.41) is 4.16. The summed E-state index contributed by atoms with van der Waals surface area (Å²) in [6.07, 6.45) is 10.6. The molecule has 22 heavy (non-hydrogen) atoms. The van der Waals surface area contributed by atoms with Gasteiger partial charge in [0.1, 0.15) is 0 Å². The van der Waals surface area contributed by atoms with Crippen molar-refractivity contribution in [2.75, 3.05) is 6.54 Å². The Labute approximate surface area is 130 Å². The quantitative estimate of drug-likeness (QED) is 0.848. The Bertz CT molecular complexity index is 625. The maximum absolute atomic E-state index is 12.5. The maximum atomic E-state index is 12.5. The van der Waals surface area contributed by atoms with E-state index in [0.29, 0.717) is 6.42 Å². The molecule has 1 amide bonds. The van der Waals surface area contributed by atoms with E-state index >= 15 is 0 Å². The van der Waals surface area contributed by atoms with Gasteiger partial charge in [0.25, 0.3) is 0 Å². The molecule has 0 radical (unpaired) electrons. The molecule has 1 aliphatic rings. The van der Waals surface area contributed by atoms with E-state index < -0.39 is 0 Å². The van der Waals surface area contributed by atoms with Crippen molar-refractivity contribution in [1.29, 1.82) is 0 Å². The molecule has 0 N–H and O–H groups in total. The summed E-state index contributed by atoms with van der Waals surface area (Å²) in [7, 11) is 0. The van der Waals surface area contributed by atoms with Crippen LogP contribution in [0.2, 0.25) is 0 Å². The minimum Gasteiger partial charge on any atom is -0.334 e. The van der Waals surface area contributed by atoms with Crippen molar-refractivity contribution >= 4 is 5.91 Å². The Kier molecular flexibility index (Phi) is 4.46. The molecule has 1 fully saturated rings. The van der Waals surface area contributed by atoms with Crippen molar-refractivity contribution in [2.24, 2.45) is 0 Å². The first-order valence-corrected chi connectivity index (χ1v) is 7.79. The topological polar surface area (TPSA) is 63.9 Å². The normalized spacial score (nSPS) is 17.9. The van der Waals surface area contributed by atoms with Gasteiger partial charge in [0, 0.05) is 38.1 Å². The van der Waals surface area contributed by atoms with E-state index in [0.717, 1.165) is 43.7 Å². The third-order valence-corrected chi connectivity index (χ3v) is 4.03. The van der Waals surface area contributed by atoms with Crippen LogP contribution in [0.25, 0.3) is 0 Å². The zero-order valence-corrected chi connectivity index (χ0v) is 12.9. The summed E-state index contributed by atoms with van der Waals surface area (Å²) in [6, 6.07) is 1.99. The molecule has 0 saturated carbocycles. The van der Waals surface area contributed by atoms with E-state index in [1.165, 1.54) is 0 Å². The van der Waals surface area contributed by atoms with Crippen LogP contribution in [0.5, 0.6) is 0 Å². The zero-order valence-electron chi connectivity index (χ0n) is 12.9. The van der Waals surface area contributed by atoms with Crippen LogP contribution in [0.4, 0.5) is 0 Å². The molecular weight excluding hydrogens is 278 g/mol. The fraction of sp³-hybridized carbons (Fsp3) is 0.500. The number of rotatable bonds is 5. The van der Waals surface area contributed by atoms with Gasteiger partial charge in [-0.1, -0.05) is 0 Å². The highest BCUT2D eigenvalue weighted by Gasteiger charge is 2.30. The van der Waals surface area contributed by atoms with Gasteiger partial charge < -0.3 is 4.90 Å². The first-order chi connectivity index (χ1) is 10.7. The van der Waals surface area contributed by atoms with Gasteiger partial charge in [0.05, 0.1) is 23.6 Å². The molecular formula is C16H21N5O. The number of hydrogen-bond acceptors (Lipinski definition) is 4. The average Bonchev–Trinajstić information content (AvgIpc) is 3.18. The van der Waals surface area contributed by atoms with Crippen molar-refractivity contribution in [1.82, 2.24) is 24.6 Å². The molecule has 1 atom stereocenters. The fourth-order valence-electron chi connectivity index (χ4n) is 2.98. The first kappa shape index (κ1) is 14.7. The van der Waals surface area contributed by atoms with Gasteiger partial charge in [0.15, 0.2) is 0 Å². The summed E-state index contributed by atoms with van der Waals surface area (Å²) in [5.74, 6) is 0.206. The third-order valence-electron chi connectivity index (χ3n) is 4.03. The van der Waals surface area contributed by atoms with Crippen LogP contribution in [0.1, 0.15) is 43.1 Å². The second-order valence-electron chi connectivity index (χ2n) is 5.70. The molecule has 1 aliphatic heterocycles. The molecule has 0 bridgehead atoms. The lowest BCUT2D eigenvalue weighted by Crippen LogP contribution is -2.31. The lowest BCUT2D eigenvalue weighted by atomic mass is 10.1. The number of carbonyl (C=O) groups excluding carboxylic acids is 1. The summed E-state index contributed by atoms with van der Waals surface area (Å²) in [5.41, 5.74) is 1.81. The summed E-state index contributed by atoms with van der Waals surface area (Å²) in [6.45, 7) is 3.53. The second-order valence-corrected chi connectivity index (χ2v) is 5.70. The average molecular weight is 299 g/mol. The molecule has 1 saturated heterocycles. The fourth-order valence-corrected chi connectivity index (χ4v) is 2.98. The van der Waals surface area contributed by atoms with E-state index in [1.807, 2.05) is 28.8 Å². The number of likely N-dealkylation sites (tertiary alicyclic amines) is 1. The highest BCUT2D eigenvalue weighted by Crippen LogP contribution is 2.31. The van der Waals surface area contributed by atoms with Crippen LogP contribution in [-0.2, 0) is 11.3 Å². The van der Waals surface area contributed by atoms with Crippen LogP contribution in [-0.4, -0.2) is 37.1 Å². The predicted octanol–water partition coefficient (Wildman–Crippen LogP) is 2.13. The lowest BCUT2D eigenvalue weighted by molar-refractivity contribution is -0.132. The minimum absolute atomic E-state index is 0.0876. The number of aryl methyl sites for hydroxylation is 2. The number of hydrogen-bond donors (Lipinski definition) is 0. The molecule has 116 valence electrons. The molecule has 2 aromatic rings. The highest BCUT2D eigenvalue weighted by atomic mass is 16.2. The summed E-state index contributed by atoms with van der Waals surface area (Å²) in [4.78, 5) is 23.2. The van der Waals surface area contributed by atoms with Crippen LogP contribution in [0.15, 0.2) is 30.9 Å². The van der Waals surface area contributed by atoms with Crippen LogP contribution in [0.3, 0.4) is 0 Å². The Hall–Kier alpha value is -2.24. The SMILES string of the molecule is Cc1cncc([C@H]2CCCN2C(=O)CCCn2cccn2)n1. The number of nitrogens with zero attached hydrogens (tertiary/aromatic N) is 5. The molecule has 3 rings (SSSR count). The Balaban J connectivity index is 1.59. The first-order valence-electron chi connectivity index (χ1n) is 7.79. The van der Waals surface area contributed by atoms with E-state index in [-0.39, 0.29) is 11.9 Å². The molecule has 2 aromatic heterocycles. The number of carbonyl (C=O) groups is 1. The third kappa shape index (κ3) is 3.32. The summed E-state index contributed by atoms with van der Waals surface area (Å²) < 4.78 is 1.86. The van der Waals surface area contributed by atoms with Crippen molar-refractivity contribution in [3.05, 3.63) is 42.2 Å². The van der Waals surface area contributed by atoms with Crippen LogP contribution >= 0.6 is 0 Å². The van der Waals surface area contributed by atoms with Gasteiger partial charge in [0.2, 0.25) is 5.91 Å². The number of amides is 1. The highest BCUT2D eigenvalue weighted by molar-refractivity contribution is 5.76. The predicted molar refractivity (Wildman–Crippen MR) is 81.9 cm³/mol. The number of aromatic nitrogens is 4. The molecule has 0 aliphatic carbocycles. The zero-order chi connectivity index (χ0) is 15.4. The molecule has 6 nitrogen and oxygen atoms in total.